The summed E-state index contributed by atoms with van der Waals surface area (Å²) in [7, 11) is -1.74. The van der Waals surface area contributed by atoms with Crippen molar-refractivity contribution in [3.05, 3.63) is 24.3 Å². The van der Waals surface area contributed by atoms with Crippen molar-refractivity contribution in [1.29, 1.82) is 0 Å². The molecule has 1 aromatic rings. The Bertz CT molecular complexity index is 584. The maximum Gasteiger partial charge on any atom is 0.573 e. The van der Waals surface area contributed by atoms with Gasteiger partial charge in [0.2, 0.25) is 0 Å². The minimum absolute atomic E-state index is 0.188. The standard InChI is InChI=1S/C18H24ClF3O3Si/c1-2-3-4-11-26(19)12-9-14(10-13-26)17(23)24-15-5-7-16(8-6-15)25-18(20,21)22/h5-8,14H,2-4,9-13H2,1H3. The van der Waals surface area contributed by atoms with Gasteiger partial charge < -0.3 is 9.47 Å². The Morgan fingerprint density at radius 1 is 1.15 bits per heavy atom. The van der Waals surface area contributed by atoms with Crippen LogP contribution in [0.3, 0.4) is 0 Å². The van der Waals surface area contributed by atoms with Crippen LogP contribution in [0.4, 0.5) is 13.2 Å². The molecule has 3 nitrogen and oxygen atoms in total. The number of carbonyl (C=O) groups excluding carboxylic acids is 1. The number of rotatable bonds is 7. The second-order valence-corrected chi connectivity index (χ2v) is 13.0. The fourth-order valence-electron chi connectivity index (χ4n) is 3.22. The summed E-state index contributed by atoms with van der Waals surface area (Å²) in [4.78, 5) is 12.3. The Morgan fingerprint density at radius 3 is 2.27 bits per heavy atom. The molecule has 1 heterocycles. The first-order chi connectivity index (χ1) is 12.2. The lowest BCUT2D eigenvalue weighted by Gasteiger charge is -2.32. The van der Waals surface area contributed by atoms with Crippen molar-refractivity contribution in [2.24, 2.45) is 5.92 Å². The summed E-state index contributed by atoms with van der Waals surface area (Å²) >= 11 is 6.79. The molecule has 2 rings (SSSR count). The molecule has 146 valence electrons. The molecular formula is C18H24ClF3O3Si. The average Bonchev–Trinajstić information content (AvgIpc) is 2.56. The largest absolute Gasteiger partial charge is 0.573 e. The van der Waals surface area contributed by atoms with Gasteiger partial charge in [0, 0.05) is 0 Å². The minimum Gasteiger partial charge on any atom is -0.426 e. The van der Waals surface area contributed by atoms with Crippen molar-refractivity contribution < 1.29 is 27.4 Å². The molecule has 1 aliphatic heterocycles. The van der Waals surface area contributed by atoms with Crippen LogP contribution in [0.25, 0.3) is 0 Å². The van der Waals surface area contributed by atoms with Gasteiger partial charge in [0.05, 0.1) is 5.92 Å². The van der Waals surface area contributed by atoms with Gasteiger partial charge in [-0.1, -0.05) is 26.2 Å². The highest BCUT2D eigenvalue weighted by Gasteiger charge is 2.38. The minimum atomic E-state index is -4.74. The molecule has 26 heavy (non-hydrogen) atoms. The molecule has 0 atom stereocenters. The zero-order valence-electron chi connectivity index (χ0n) is 14.8. The first kappa shape index (κ1) is 21.1. The van der Waals surface area contributed by atoms with Gasteiger partial charge in [0.25, 0.3) is 0 Å². The van der Waals surface area contributed by atoms with Gasteiger partial charge in [-0.15, -0.1) is 13.2 Å². The number of halogens is 4. The molecule has 0 unspecified atom stereocenters. The first-order valence-electron chi connectivity index (χ1n) is 8.97. The normalized spacial score (nSPS) is 23.5. The van der Waals surface area contributed by atoms with Crippen LogP contribution >= 0.6 is 11.1 Å². The summed E-state index contributed by atoms with van der Waals surface area (Å²) in [6, 6.07) is 7.78. The van der Waals surface area contributed by atoms with Gasteiger partial charge in [0.1, 0.15) is 11.5 Å². The molecule has 0 aromatic heterocycles. The molecule has 0 amide bonds. The molecule has 1 aliphatic rings. The van der Waals surface area contributed by atoms with E-state index < -0.39 is 13.7 Å². The number of benzene rings is 1. The van der Waals surface area contributed by atoms with E-state index in [1.807, 2.05) is 0 Å². The highest BCUT2D eigenvalue weighted by molar-refractivity contribution is 7.20. The number of hydrogen-bond donors (Lipinski definition) is 0. The summed E-state index contributed by atoms with van der Waals surface area (Å²) in [5.74, 6) is -0.658. The van der Waals surface area contributed by atoms with Gasteiger partial charge in [-0.2, -0.15) is 11.1 Å². The summed E-state index contributed by atoms with van der Waals surface area (Å²) in [6.45, 7) is 2.16. The van der Waals surface area contributed by atoms with Gasteiger partial charge in [-0.05, 0) is 55.2 Å². The fraction of sp³-hybridized carbons (Fsp3) is 0.611. The van der Waals surface area contributed by atoms with Crippen LogP contribution in [0.5, 0.6) is 11.5 Å². The molecule has 1 fully saturated rings. The van der Waals surface area contributed by atoms with Crippen LogP contribution in [0.2, 0.25) is 18.1 Å². The lowest BCUT2D eigenvalue weighted by molar-refractivity contribution is -0.274. The molecule has 8 heteroatoms. The molecule has 0 spiro atoms. The molecule has 0 radical (unpaired) electrons. The Hall–Kier alpha value is -1.21. The molecule has 0 bridgehead atoms. The number of hydrogen-bond acceptors (Lipinski definition) is 3. The lowest BCUT2D eigenvalue weighted by Crippen LogP contribution is -2.35. The second kappa shape index (κ2) is 9.13. The van der Waals surface area contributed by atoms with Crippen molar-refractivity contribution in [2.75, 3.05) is 0 Å². The fourth-order valence-corrected chi connectivity index (χ4v) is 7.64. The maximum atomic E-state index is 12.3. The van der Waals surface area contributed by atoms with E-state index in [2.05, 4.69) is 11.7 Å². The monoisotopic (exact) mass is 408 g/mol. The number of unbranched alkanes of at least 4 members (excludes halogenated alkanes) is 2. The van der Waals surface area contributed by atoms with Crippen LogP contribution in [-0.4, -0.2) is 19.7 Å². The van der Waals surface area contributed by atoms with E-state index in [0.717, 1.165) is 49.5 Å². The van der Waals surface area contributed by atoms with Crippen LogP contribution in [0.1, 0.15) is 39.0 Å². The third-order valence-electron chi connectivity index (χ3n) is 4.72. The Kier molecular flexibility index (Phi) is 7.40. The van der Waals surface area contributed by atoms with E-state index in [1.54, 1.807) is 0 Å². The van der Waals surface area contributed by atoms with Crippen LogP contribution in [-0.2, 0) is 4.79 Å². The van der Waals surface area contributed by atoms with E-state index in [-0.39, 0.29) is 23.4 Å². The van der Waals surface area contributed by atoms with Crippen molar-refractivity contribution >= 4 is 24.4 Å². The van der Waals surface area contributed by atoms with Gasteiger partial charge in [-0.3, -0.25) is 4.79 Å². The van der Waals surface area contributed by atoms with Crippen molar-refractivity contribution in [3.8, 4) is 11.5 Å². The molecule has 0 N–H and O–H groups in total. The quantitative estimate of drug-likeness (QED) is 0.175. The predicted molar refractivity (Wildman–Crippen MR) is 97.0 cm³/mol. The average molecular weight is 409 g/mol. The number of carbonyl (C=O) groups is 1. The van der Waals surface area contributed by atoms with Gasteiger partial charge in [0.15, 0.2) is 7.38 Å². The van der Waals surface area contributed by atoms with Gasteiger partial charge >= 0.3 is 12.3 Å². The smallest absolute Gasteiger partial charge is 0.426 e. The summed E-state index contributed by atoms with van der Waals surface area (Å²) in [5, 5.41) is 0. The van der Waals surface area contributed by atoms with Crippen molar-refractivity contribution in [1.82, 2.24) is 0 Å². The molecule has 1 aromatic carbocycles. The second-order valence-electron chi connectivity index (χ2n) is 6.82. The Morgan fingerprint density at radius 2 is 1.73 bits per heavy atom. The molecule has 0 aliphatic carbocycles. The number of esters is 1. The van der Waals surface area contributed by atoms with Gasteiger partial charge in [-0.25, -0.2) is 0 Å². The first-order valence-corrected chi connectivity index (χ1v) is 12.6. The Balaban J connectivity index is 1.82. The summed E-state index contributed by atoms with van der Waals surface area (Å²) < 4.78 is 45.5. The Labute approximate surface area is 157 Å². The number of ether oxygens (including phenoxy) is 2. The van der Waals surface area contributed by atoms with Crippen LogP contribution in [0, 0.1) is 5.92 Å². The number of alkyl halides is 3. The summed E-state index contributed by atoms with van der Waals surface area (Å²) in [6.07, 6.45) is 0.249. The van der Waals surface area contributed by atoms with Crippen molar-refractivity contribution in [2.45, 2.75) is 63.5 Å². The molecule has 0 saturated carbocycles. The van der Waals surface area contributed by atoms with E-state index in [9.17, 15) is 18.0 Å². The third-order valence-corrected chi connectivity index (χ3v) is 10.0. The molecular weight excluding hydrogens is 385 g/mol. The van der Waals surface area contributed by atoms with Crippen LogP contribution in [0.15, 0.2) is 24.3 Å². The van der Waals surface area contributed by atoms with Crippen molar-refractivity contribution in [3.63, 3.8) is 0 Å². The van der Waals surface area contributed by atoms with E-state index in [4.69, 9.17) is 15.8 Å². The SMILES string of the molecule is CCCCC[Si]1(Cl)CCC(C(=O)Oc2ccc(OC(F)(F)F)cc2)CC1. The zero-order chi connectivity index (χ0) is 19.2. The topological polar surface area (TPSA) is 35.5 Å². The van der Waals surface area contributed by atoms with E-state index in [0.29, 0.717) is 0 Å². The van der Waals surface area contributed by atoms with Crippen LogP contribution < -0.4 is 9.47 Å². The lowest BCUT2D eigenvalue weighted by atomic mass is 10.0. The summed E-state index contributed by atoms with van der Waals surface area (Å²) in [5.41, 5.74) is 0. The zero-order valence-corrected chi connectivity index (χ0v) is 16.5. The molecule has 1 saturated heterocycles. The third kappa shape index (κ3) is 6.83. The van der Waals surface area contributed by atoms with E-state index in [1.165, 1.54) is 25.0 Å². The van der Waals surface area contributed by atoms with E-state index >= 15 is 0 Å². The maximum absolute atomic E-state index is 12.3. The predicted octanol–water partition coefficient (Wildman–Crippen LogP) is 6.28. The highest BCUT2D eigenvalue weighted by atomic mass is 35.6. The highest BCUT2D eigenvalue weighted by Crippen LogP contribution is 2.39.